The van der Waals surface area contributed by atoms with Gasteiger partial charge >= 0.3 is 5.97 Å². The second kappa shape index (κ2) is 3.93. The molecule has 1 rings (SSSR count). The summed E-state index contributed by atoms with van der Waals surface area (Å²) in [6.07, 6.45) is 0.776. The molecule has 0 radical (unpaired) electrons. The highest BCUT2D eigenvalue weighted by Gasteiger charge is 2.11. The summed E-state index contributed by atoms with van der Waals surface area (Å²) in [6, 6.07) is 5.10. The zero-order valence-corrected chi connectivity index (χ0v) is 8.16. The summed E-state index contributed by atoms with van der Waals surface area (Å²) in [5.74, 6) is -1.05. The van der Waals surface area contributed by atoms with Crippen molar-refractivity contribution >= 4 is 5.97 Å². The van der Waals surface area contributed by atoms with Gasteiger partial charge in [0.15, 0.2) is 0 Å². The minimum Gasteiger partial charge on any atom is -0.478 e. The Hall–Kier alpha value is -1.82. The summed E-state index contributed by atoms with van der Waals surface area (Å²) >= 11 is 0. The van der Waals surface area contributed by atoms with Gasteiger partial charge in [0.05, 0.1) is 11.1 Å². The predicted octanol–water partition coefficient (Wildman–Crippen LogP) is 2.13. The van der Waals surface area contributed by atoms with Crippen LogP contribution in [0, 0.1) is 18.3 Å². The Balaban J connectivity index is 3.42. The molecule has 14 heavy (non-hydrogen) atoms. The lowest BCUT2D eigenvalue weighted by Gasteiger charge is -2.05. The van der Waals surface area contributed by atoms with Gasteiger partial charge in [-0.15, -0.1) is 0 Å². The number of carboxylic acids is 1. The van der Waals surface area contributed by atoms with Gasteiger partial charge in [0.25, 0.3) is 0 Å². The minimum atomic E-state index is -1.05. The molecule has 1 aromatic carbocycles. The molecule has 0 amide bonds. The number of hydrogen-bond donors (Lipinski definition) is 1. The van der Waals surface area contributed by atoms with Gasteiger partial charge in [-0.25, -0.2) is 4.79 Å². The third-order valence-electron chi connectivity index (χ3n) is 2.21. The summed E-state index contributed by atoms with van der Waals surface area (Å²) in [6.45, 7) is 3.84. The summed E-state index contributed by atoms with van der Waals surface area (Å²) in [5.41, 5.74) is 2.26. The summed E-state index contributed by atoms with van der Waals surface area (Å²) < 4.78 is 0. The van der Waals surface area contributed by atoms with Gasteiger partial charge in [0, 0.05) is 0 Å². The number of aromatic carboxylic acids is 1. The molecule has 0 aliphatic rings. The molecule has 0 saturated heterocycles. The molecule has 0 heterocycles. The van der Waals surface area contributed by atoms with Crippen LogP contribution in [0.2, 0.25) is 0 Å². The number of carboxylic acid groups (broad SMARTS) is 1. The number of rotatable bonds is 2. The lowest BCUT2D eigenvalue weighted by atomic mass is 9.98. The predicted molar refractivity (Wildman–Crippen MR) is 52.2 cm³/mol. The van der Waals surface area contributed by atoms with E-state index in [0.29, 0.717) is 0 Å². The number of nitrogens with zero attached hydrogens (tertiary/aromatic N) is 1. The molecule has 3 nitrogen and oxygen atoms in total. The molecule has 1 N–H and O–H groups in total. The van der Waals surface area contributed by atoms with Crippen LogP contribution in [0.25, 0.3) is 0 Å². The number of aryl methyl sites for hydroxylation is 2. The highest BCUT2D eigenvalue weighted by Crippen LogP contribution is 2.16. The molecule has 0 aromatic heterocycles. The van der Waals surface area contributed by atoms with Gasteiger partial charge in [-0.1, -0.05) is 6.92 Å². The van der Waals surface area contributed by atoms with Crippen molar-refractivity contribution < 1.29 is 9.90 Å². The van der Waals surface area contributed by atoms with Crippen molar-refractivity contribution in [1.29, 1.82) is 5.26 Å². The second-order valence-electron chi connectivity index (χ2n) is 3.09. The first-order chi connectivity index (χ1) is 6.60. The zero-order chi connectivity index (χ0) is 10.7. The molecule has 1 aromatic rings. The first-order valence-corrected chi connectivity index (χ1v) is 4.37. The first kappa shape index (κ1) is 10.3. The zero-order valence-electron chi connectivity index (χ0n) is 8.16. The normalized spacial score (nSPS) is 9.50. The van der Waals surface area contributed by atoms with E-state index in [1.807, 2.05) is 19.9 Å². The van der Waals surface area contributed by atoms with Crippen molar-refractivity contribution in [3.63, 3.8) is 0 Å². The number of nitriles is 1. The molecular weight excluding hydrogens is 178 g/mol. The number of carbonyl (C=O) groups is 1. The van der Waals surface area contributed by atoms with Crippen LogP contribution in [0.3, 0.4) is 0 Å². The smallest absolute Gasteiger partial charge is 0.337 e. The van der Waals surface area contributed by atoms with E-state index < -0.39 is 5.97 Å². The van der Waals surface area contributed by atoms with E-state index in [2.05, 4.69) is 0 Å². The highest BCUT2D eigenvalue weighted by molar-refractivity contribution is 5.91. The van der Waals surface area contributed by atoms with Crippen LogP contribution in [-0.2, 0) is 6.42 Å². The van der Waals surface area contributed by atoms with Gasteiger partial charge in [0.1, 0.15) is 6.07 Å². The van der Waals surface area contributed by atoms with Gasteiger partial charge in [-0.05, 0) is 36.6 Å². The average Bonchev–Trinajstić information content (AvgIpc) is 2.16. The molecule has 0 atom stereocenters. The van der Waals surface area contributed by atoms with Crippen LogP contribution in [-0.4, -0.2) is 11.1 Å². The summed E-state index contributed by atoms with van der Waals surface area (Å²) in [5, 5.41) is 17.6. The van der Waals surface area contributed by atoms with Crippen molar-refractivity contribution in [2.45, 2.75) is 20.3 Å². The van der Waals surface area contributed by atoms with Crippen LogP contribution in [0.15, 0.2) is 12.1 Å². The van der Waals surface area contributed by atoms with Crippen LogP contribution < -0.4 is 0 Å². The van der Waals surface area contributed by atoms with Crippen LogP contribution in [0.5, 0.6) is 0 Å². The largest absolute Gasteiger partial charge is 0.478 e. The van der Waals surface area contributed by atoms with Crippen molar-refractivity contribution in [3.05, 3.63) is 34.4 Å². The van der Waals surface area contributed by atoms with E-state index in [0.717, 1.165) is 17.5 Å². The fourth-order valence-electron chi connectivity index (χ4n) is 1.40. The molecule has 0 spiro atoms. The first-order valence-electron chi connectivity index (χ1n) is 4.37. The Morgan fingerprint density at radius 1 is 1.57 bits per heavy atom. The molecule has 72 valence electrons. The Morgan fingerprint density at radius 3 is 2.64 bits per heavy atom. The van der Waals surface area contributed by atoms with E-state index >= 15 is 0 Å². The molecule has 0 bridgehead atoms. The third-order valence-corrected chi connectivity index (χ3v) is 2.21. The maximum absolute atomic E-state index is 10.8. The van der Waals surface area contributed by atoms with Crippen LogP contribution >= 0.6 is 0 Å². The maximum atomic E-state index is 10.8. The lowest BCUT2D eigenvalue weighted by molar-refractivity contribution is 0.0696. The lowest BCUT2D eigenvalue weighted by Crippen LogP contribution is -2.02. The highest BCUT2D eigenvalue weighted by atomic mass is 16.4. The molecule has 0 saturated carbocycles. The number of benzene rings is 1. The van der Waals surface area contributed by atoms with Gasteiger partial charge in [-0.2, -0.15) is 5.26 Å². The SMILES string of the molecule is CCc1cc(C(=O)O)c(C#N)cc1C. The number of hydrogen-bond acceptors (Lipinski definition) is 2. The fourth-order valence-corrected chi connectivity index (χ4v) is 1.40. The van der Waals surface area contributed by atoms with E-state index in [1.165, 1.54) is 0 Å². The van der Waals surface area contributed by atoms with E-state index in [-0.39, 0.29) is 11.1 Å². The topological polar surface area (TPSA) is 61.1 Å². The quantitative estimate of drug-likeness (QED) is 0.775. The Morgan fingerprint density at radius 2 is 2.21 bits per heavy atom. The van der Waals surface area contributed by atoms with E-state index in [1.54, 1.807) is 12.1 Å². The summed E-state index contributed by atoms with van der Waals surface area (Å²) in [4.78, 5) is 10.8. The maximum Gasteiger partial charge on any atom is 0.337 e. The Kier molecular flexibility index (Phi) is 2.88. The van der Waals surface area contributed by atoms with Gasteiger partial charge in [0.2, 0.25) is 0 Å². The standard InChI is InChI=1S/C11H11NO2/c1-3-8-5-10(11(13)14)9(6-12)4-7(8)2/h4-5H,3H2,1-2H3,(H,13,14). The van der Waals surface area contributed by atoms with Crippen LogP contribution in [0.1, 0.15) is 34.0 Å². The molecule has 0 aliphatic heterocycles. The molecular formula is C11H11NO2. The van der Waals surface area contributed by atoms with E-state index in [9.17, 15) is 4.79 Å². The molecule has 3 heteroatoms. The van der Waals surface area contributed by atoms with Gasteiger partial charge < -0.3 is 5.11 Å². The van der Waals surface area contributed by atoms with E-state index in [4.69, 9.17) is 10.4 Å². The van der Waals surface area contributed by atoms with Crippen molar-refractivity contribution in [2.75, 3.05) is 0 Å². The fraction of sp³-hybridized carbons (Fsp3) is 0.273. The molecule has 0 fully saturated rings. The average molecular weight is 189 g/mol. The van der Waals surface area contributed by atoms with Crippen molar-refractivity contribution in [3.8, 4) is 6.07 Å². The van der Waals surface area contributed by atoms with Crippen molar-refractivity contribution in [2.24, 2.45) is 0 Å². The van der Waals surface area contributed by atoms with Crippen molar-refractivity contribution in [1.82, 2.24) is 0 Å². The Bertz CT molecular complexity index is 416. The monoisotopic (exact) mass is 189 g/mol. The molecule has 0 aliphatic carbocycles. The molecule has 0 unspecified atom stereocenters. The second-order valence-corrected chi connectivity index (χ2v) is 3.09. The Labute approximate surface area is 82.6 Å². The minimum absolute atomic E-state index is 0.0925. The van der Waals surface area contributed by atoms with Crippen LogP contribution in [0.4, 0.5) is 0 Å². The van der Waals surface area contributed by atoms with Gasteiger partial charge in [-0.3, -0.25) is 0 Å². The summed E-state index contributed by atoms with van der Waals surface area (Å²) in [7, 11) is 0. The third kappa shape index (κ3) is 1.74.